The highest BCUT2D eigenvalue weighted by molar-refractivity contribution is 6.42. The molecule has 0 amide bonds. The van der Waals surface area contributed by atoms with E-state index in [-0.39, 0.29) is 23.5 Å². The maximum atomic E-state index is 12.2. The van der Waals surface area contributed by atoms with Crippen LogP contribution in [0.2, 0.25) is 10.0 Å². The van der Waals surface area contributed by atoms with E-state index in [0.29, 0.717) is 21.3 Å². The predicted molar refractivity (Wildman–Crippen MR) is 95.7 cm³/mol. The zero-order valence-corrected chi connectivity index (χ0v) is 15.3. The molecule has 0 saturated heterocycles. The second kappa shape index (κ2) is 7.31. The third-order valence-corrected chi connectivity index (χ3v) is 4.32. The van der Waals surface area contributed by atoms with Gasteiger partial charge in [-0.2, -0.15) is 5.10 Å². The predicted octanol–water partition coefficient (Wildman–Crippen LogP) is 3.67. The number of rotatable bonds is 4. The number of hydrogen-bond donors (Lipinski definition) is 0. The van der Waals surface area contributed by atoms with Gasteiger partial charge in [-0.1, -0.05) is 29.3 Å². The van der Waals surface area contributed by atoms with Crippen LogP contribution in [0.4, 0.5) is 0 Å². The van der Waals surface area contributed by atoms with Gasteiger partial charge >= 0.3 is 11.9 Å². The standard InChI is InChI=1S/C17H13Cl2N3O4/c1-3-26-16(23)10-8-20-22-14(17(24)25-2)7-13(21-15(10)22)9-4-5-11(18)12(19)6-9/h4-8H,3H2,1-2H3. The first kappa shape index (κ1) is 18.2. The van der Waals surface area contributed by atoms with Gasteiger partial charge in [0, 0.05) is 5.56 Å². The maximum Gasteiger partial charge on any atom is 0.356 e. The first-order valence-electron chi connectivity index (χ1n) is 7.56. The van der Waals surface area contributed by atoms with E-state index in [9.17, 15) is 9.59 Å². The van der Waals surface area contributed by atoms with E-state index in [4.69, 9.17) is 32.7 Å². The molecular weight excluding hydrogens is 381 g/mol. The Morgan fingerprint density at radius 3 is 2.58 bits per heavy atom. The number of halogens is 2. The third kappa shape index (κ3) is 3.23. The van der Waals surface area contributed by atoms with Crippen LogP contribution in [0.3, 0.4) is 0 Å². The Morgan fingerprint density at radius 1 is 1.15 bits per heavy atom. The molecule has 0 fully saturated rings. The number of hydrogen-bond acceptors (Lipinski definition) is 6. The van der Waals surface area contributed by atoms with E-state index in [1.165, 1.54) is 23.9 Å². The zero-order valence-electron chi connectivity index (χ0n) is 13.8. The first-order valence-corrected chi connectivity index (χ1v) is 8.31. The fourth-order valence-electron chi connectivity index (χ4n) is 2.37. The lowest BCUT2D eigenvalue weighted by Crippen LogP contribution is -2.12. The van der Waals surface area contributed by atoms with E-state index in [1.807, 2.05) is 0 Å². The van der Waals surface area contributed by atoms with Crippen molar-refractivity contribution in [1.29, 1.82) is 0 Å². The lowest BCUT2D eigenvalue weighted by atomic mass is 10.1. The number of benzene rings is 1. The fourth-order valence-corrected chi connectivity index (χ4v) is 2.67. The van der Waals surface area contributed by atoms with E-state index in [1.54, 1.807) is 25.1 Å². The van der Waals surface area contributed by atoms with Gasteiger partial charge in [-0.05, 0) is 25.1 Å². The van der Waals surface area contributed by atoms with E-state index >= 15 is 0 Å². The molecule has 0 unspecified atom stereocenters. The summed E-state index contributed by atoms with van der Waals surface area (Å²) in [6.07, 6.45) is 1.30. The van der Waals surface area contributed by atoms with Gasteiger partial charge in [-0.15, -0.1) is 0 Å². The summed E-state index contributed by atoms with van der Waals surface area (Å²) in [5, 5.41) is 4.79. The number of aromatic nitrogens is 3. The van der Waals surface area contributed by atoms with Crippen LogP contribution < -0.4 is 0 Å². The average molecular weight is 394 g/mol. The number of carbonyl (C=O) groups is 2. The summed E-state index contributed by atoms with van der Waals surface area (Å²) in [5.41, 5.74) is 1.44. The highest BCUT2D eigenvalue weighted by atomic mass is 35.5. The van der Waals surface area contributed by atoms with Crippen LogP contribution in [-0.4, -0.2) is 40.3 Å². The maximum absolute atomic E-state index is 12.2. The summed E-state index contributed by atoms with van der Waals surface area (Å²) in [6, 6.07) is 6.44. The van der Waals surface area contributed by atoms with Crippen molar-refractivity contribution in [2.75, 3.05) is 13.7 Å². The fraction of sp³-hybridized carbons (Fsp3) is 0.176. The smallest absolute Gasteiger partial charge is 0.356 e. The van der Waals surface area contributed by atoms with Crippen LogP contribution in [0.15, 0.2) is 30.5 Å². The topological polar surface area (TPSA) is 82.8 Å². The molecule has 2 heterocycles. The van der Waals surface area contributed by atoms with Crippen LogP contribution in [0, 0.1) is 0 Å². The molecule has 0 aliphatic rings. The van der Waals surface area contributed by atoms with E-state index in [0.717, 1.165) is 0 Å². The van der Waals surface area contributed by atoms with Gasteiger partial charge in [0.15, 0.2) is 11.3 Å². The van der Waals surface area contributed by atoms with Crippen molar-refractivity contribution in [3.8, 4) is 11.3 Å². The summed E-state index contributed by atoms with van der Waals surface area (Å²) in [7, 11) is 1.25. The largest absolute Gasteiger partial charge is 0.464 e. The number of methoxy groups -OCH3 is 1. The van der Waals surface area contributed by atoms with Gasteiger partial charge in [0.1, 0.15) is 5.56 Å². The number of esters is 2. The number of carbonyl (C=O) groups excluding carboxylic acids is 2. The molecule has 9 heteroatoms. The van der Waals surface area contributed by atoms with E-state index in [2.05, 4.69) is 10.1 Å². The van der Waals surface area contributed by atoms with Crippen molar-refractivity contribution in [1.82, 2.24) is 14.6 Å². The van der Waals surface area contributed by atoms with Crippen molar-refractivity contribution in [2.45, 2.75) is 6.92 Å². The van der Waals surface area contributed by atoms with Crippen molar-refractivity contribution < 1.29 is 19.1 Å². The third-order valence-electron chi connectivity index (χ3n) is 3.58. The minimum absolute atomic E-state index is 0.106. The number of ether oxygens (including phenoxy) is 2. The molecule has 134 valence electrons. The minimum atomic E-state index is -0.628. The molecule has 0 radical (unpaired) electrons. The molecule has 1 aromatic carbocycles. The molecular formula is C17H13Cl2N3O4. The summed E-state index contributed by atoms with van der Waals surface area (Å²) in [6.45, 7) is 1.89. The lowest BCUT2D eigenvalue weighted by molar-refractivity contribution is 0.0526. The van der Waals surface area contributed by atoms with Crippen LogP contribution in [0.25, 0.3) is 16.9 Å². The SMILES string of the molecule is CCOC(=O)c1cnn2c(C(=O)OC)cc(-c3ccc(Cl)c(Cl)c3)nc12. The minimum Gasteiger partial charge on any atom is -0.464 e. The molecule has 0 aliphatic heterocycles. The molecule has 3 rings (SSSR count). The first-order chi connectivity index (χ1) is 12.5. The van der Waals surface area contributed by atoms with Crippen LogP contribution in [-0.2, 0) is 9.47 Å². The Hall–Kier alpha value is -2.64. The highest BCUT2D eigenvalue weighted by Crippen LogP contribution is 2.29. The quantitative estimate of drug-likeness (QED) is 0.628. The van der Waals surface area contributed by atoms with Crippen LogP contribution in [0.1, 0.15) is 27.8 Å². The molecule has 26 heavy (non-hydrogen) atoms. The lowest BCUT2D eigenvalue weighted by Gasteiger charge is -2.08. The number of nitrogens with zero attached hydrogens (tertiary/aromatic N) is 3. The zero-order chi connectivity index (χ0) is 18.8. The monoisotopic (exact) mass is 393 g/mol. The average Bonchev–Trinajstić information content (AvgIpc) is 3.06. The summed E-state index contributed by atoms with van der Waals surface area (Å²) in [4.78, 5) is 28.8. The normalized spacial score (nSPS) is 10.8. The molecule has 0 saturated carbocycles. The van der Waals surface area contributed by atoms with Gasteiger partial charge in [0.25, 0.3) is 0 Å². The van der Waals surface area contributed by atoms with Crippen molar-refractivity contribution in [3.63, 3.8) is 0 Å². The Labute approximate surface area is 158 Å². The van der Waals surface area contributed by atoms with Crippen molar-refractivity contribution in [3.05, 3.63) is 51.8 Å². The Bertz CT molecular complexity index is 1020. The molecule has 2 aromatic heterocycles. The molecule has 3 aromatic rings. The summed E-state index contributed by atoms with van der Waals surface area (Å²) < 4.78 is 11.1. The number of fused-ring (bicyclic) bond motifs is 1. The summed E-state index contributed by atoms with van der Waals surface area (Å²) >= 11 is 12.0. The van der Waals surface area contributed by atoms with Crippen molar-refractivity contribution in [2.24, 2.45) is 0 Å². The molecule has 0 atom stereocenters. The molecule has 0 N–H and O–H groups in total. The Balaban J connectivity index is 2.26. The van der Waals surface area contributed by atoms with Gasteiger partial charge in [0.05, 0.1) is 35.7 Å². The van der Waals surface area contributed by atoms with Crippen LogP contribution >= 0.6 is 23.2 Å². The Morgan fingerprint density at radius 2 is 1.92 bits per heavy atom. The summed E-state index contributed by atoms with van der Waals surface area (Å²) in [5.74, 6) is -1.21. The van der Waals surface area contributed by atoms with Crippen LogP contribution in [0.5, 0.6) is 0 Å². The molecule has 0 aliphatic carbocycles. The highest BCUT2D eigenvalue weighted by Gasteiger charge is 2.22. The second-order valence-electron chi connectivity index (χ2n) is 5.16. The van der Waals surface area contributed by atoms with Gasteiger partial charge in [-0.25, -0.2) is 19.1 Å². The van der Waals surface area contributed by atoms with Gasteiger partial charge < -0.3 is 9.47 Å². The van der Waals surface area contributed by atoms with Gasteiger partial charge in [0.2, 0.25) is 0 Å². The van der Waals surface area contributed by atoms with Gasteiger partial charge in [-0.3, -0.25) is 0 Å². The van der Waals surface area contributed by atoms with E-state index < -0.39 is 11.9 Å². The molecule has 0 spiro atoms. The Kier molecular flexibility index (Phi) is 5.11. The second-order valence-corrected chi connectivity index (χ2v) is 5.98. The molecule has 0 bridgehead atoms. The van der Waals surface area contributed by atoms with Crippen molar-refractivity contribution >= 4 is 40.8 Å². The molecule has 7 nitrogen and oxygen atoms in total.